The number of aromatic nitrogens is 2. The van der Waals surface area contributed by atoms with Gasteiger partial charge in [-0.05, 0) is 11.6 Å². The number of nitrogens with zero attached hydrogens (tertiary/aromatic N) is 2. The van der Waals surface area contributed by atoms with E-state index in [2.05, 4.69) is 15.3 Å². The molecule has 0 saturated heterocycles. The van der Waals surface area contributed by atoms with Crippen molar-refractivity contribution in [2.24, 2.45) is 0 Å². The molecule has 2 aromatic rings. The Morgan fingerprint density at radius 1 is 1.48 bits per heavy atom. The van der Waals surface area contributed by atoms with E-state index in [0.717, 1.165) is 5.56 Å². The maximum Gasteiger partial charge on any atom is 0.292 e. The van der Waals surface area contributed by atoms with Crippen LogP contribution in [0.1, 0.15) is 5.56 Å². The molecule has 21 heavy (non-hydrogen) atoms. The van der Waals surface area contributed by atoms with E-state index in [0.29, 0.717) is 16.6 Å². The van der Waals surface area contributed by atoms with Gasteiger partial charge in [0.2, 0.25) is 0 Å². The second kappa shape index (κ2) is 6.27. The first-order valence-corrected chi connectivity index (χ1v) is 6.93. The Labute approximate surface area is 123 Å². The Bertz CT molecular complexity index is 731. The number of nitrogens with one attached hydrogen (secondary N) is 2. The van der Waals surface area contributed by atoms with Crippen molar-refractivity contribution in [3.8, 4) is 0 Å². The Kier molecular flexibility index (Phi) is 4.43. The highest BCUT2D eigenvalue weighted by atomic mass is 32.2. The minimum atomic E-state index is -0.444. The maximum atomic E-state index is 11.3. The average Bonchev–Trinajstić information content (AvgIpc) is 2.43. The summed E-state index contributed by atoms with van der Waals surface area (Å²) in [5, 5.41) is 14.1. The van der Waals surface area contributed by atoms with Crippen LogP contribution in [0.15, 0.2) is 34.2 Å². The maximum absolute atomic E-state index is 11.3. The molecule has 0 aliphatic rings. The van der Waals surface area contributed by atoms with Gasteiger partial charge in [0, 0.05) is 24.9 Å². The quantitative estimate of drug-likeness (QED) is 0.331. The average molecular weight is 307 g/mol. The topological polar surface area (TPSA) is 127 Å². The van der Waals surface area contributed by atoms with E-state index in [9.17, 15) is 14.9 Å². The fraction of sp³-hybridized carbons (Fsp3) is 0.167. The molecule has 1 aromatic carbocycles. The van der Waals surface area contributed by atoms with E-state index >= 15 is 0 Å². The molecular weight excluding hydrogens is 294 g/mol. The number of benzene rings is 1. The third-order valence-electron chi connectivity index (χ3n) is 2.64. The molecule has 0 radical (unpaired) electrons. The molecule has 4 N–H and O–H groups in total. The molecular formula is C12H13N5O3S. The normalized spacial score (nSPS) is 10.3. The summed E-state index contributed by atoms with van der Waals surface area (Å²) in [7, 11) is 1.62. The van der Waals surface area contributed by atoms with Crippen molar-refractivity contribution in [2.75, 3.05) is 18.1 Å². The van der Waals surface area contributed by atoms with Crippen LogP contribution in [0.5, 0.6) is 0 Å². The largest absolute Gasteiger partial charge is 0.383 e. The van der Waals surface area contributed by atoms with Crippen molar-refractivity contribution in [2.45, 2.75) is 10.9 Å². The number of H-pyrrole nitrogens is 1. The first-order valence-electron chi connectivity index (χ1n) is 5.94. The molecule has 0 amide bonds. The lowest BCUT2D eigenvalue weighted by molar-refractivity contribution is -0.384. The molecule has 0 fully saturated rings. The summed E-state index contributed by atoms with van der Waals surface area (Å²) in [5.41, 5.74) is 6.35. The van der Waals surface area contributed by atoms with Crippen LogP contribution >= 0.6 is 11.8 Å². The number of nitrogens with two attached hydrogens (primary N) is 1. The second-order valence-electron chi connectivity index (χ2n) is 4.12. The number of thioether (sulfide) groups is 1. The van der Waals surface area contributed by atoms with Crippen molar-refractivity contribution in [3.63, 3.8) is 0 Å². The fourth-order valence-electron chi connectivity index (χ4n) is 1.70. The van der Waals surface area contributed by atoms with Gasteiger partial charge >= 0.3 is 0 Å². The third kappa shape index (κ3) is 3.72. The molecule has 0 bridgehead atoms. The number of hydrogen-bond donors (Lipinski definition) is 3. The minimum Gasteiger partial charge on any atom is -0.383 e. The van der Waals surface area contributed by atoms with Gasteiger partial charge < -0.3 is 16.0 Å². The number of aromatic amines is 1. The van der Waals surface area contributed by atoms with Crippen LogP contribution in [0.3, 0.4) is 0 Å². The number of hydrogen-bond acceptors (Lipinski definition) is 7. The summed E-state index contributed by atoms with van der Waals surface area (Å²) in [4.78, 5) is 28.3. The Morgan fingerprint density at radius 2 is 2.24 bits per heavy atom. The molecule has 0 atom stereocenters. The summed E-state index contributed by atoms with van der Waals surface area (Å²) in [6.07, 6.45) is 0. The second-order valence-corrected chi connectivity index (χ2v) is 5.09. The Morgan fingerprint density at radius 3 is 2.86 bits per heavy atom. The van der Waals surface area contributed by atoms with E-state index in [-0.39, 0.29) is 17.1 Å². The van der Waals surface area contributed by atoms with E-state index in [1.807, 2.05) is 0 Å². The predicted molar refractivity (Wildman–Crippen MR) is 81.5 cm³/mol. The van der Waals surface area contributed by atoms with Crippen LogP contribution in [0.4, 0.5) is 17.2 Å². The van der Waals surface area contributed by atoms with Crippen molar-refractivity contribution in [3.05, 3.63) is 50.3 Å². The molecule has 0 saturated carbocycles. The molecule has 2 rings (SSSR count). The van der Waals surface area contributed by atoms with Gasteiger partial charge in [0.15, 0.2) is 5.16 Å². The monoisotopic (exact) mass is 307 g/mol. The summed E-state index contributed by atoms with van der Waals surface area (Å²) in [6.45, 7) is 0. The van der Waals surface area contributed by atoms with Gasteiger partial charge in [0.1, 0.15) is 11.5 Å². The molecule has 0 aliphatic carbocycles. The lowest BCUT2D eigenvalue weighted by Crippen LogP contribution is -2.09. The van der Waals surface area contributed by atoms with E-state index < -0.39 is 4.92 Å². The van der Waals surface area contributed by atoms with Crippen LogP contribution in [-0.4, -0.2) is 21.9 Å². The van der Waals surface area contributed by atoms with Gasteiger partial charge in [-0.15, -0.1) is 0 Å². The number of anilines is 2. The molecule has 9 heteroatoms. The number of nitro benzene ring substituents is 1. The SMILES string of the molecule is CNc1ccc(CSc2nc(N)cc(=O)[nH]2)cc1[N+](=O)[O-]. The van der Waals surface area contributed by atoms with Crippen LogP contribution < -0.4 is 16.6 Å². The summed E-state index contributed by atoms with van der Waals surface area (Å²) in [5.74, 6) is 0.565. The van der Waals surface area contributed by atoms with Gasteiger partial charge in [-0.25, -0.2) is 4.98 Å². The van der Waals surface area contributed by atoms with Gasteiger partial charge in [-0.3, -0.25) is 14.9 Å². The van der Waals surface area contributed by atoms with Gasteiger partial charge in [0.05, 0.1) is 4.92 Å². The van der Waals surface area contributed by atoms with E-state index in [1.54, 1.807) is 19.2 Å². The smallest absolute Gasteiger partial charge is 0.292 e. The number of rotatable bonds is 5. The zero-order valence-electron chi connectivity index (χ0n) is 11.1. The third-order valence-corrected chi connectivity index (χ3v) is 3.59. The van der Waals surface area contributed by atoms with Crippen molar-refractivity contribution < 1.29 is 4.92 Å². The first kappa shape index (κ1) is 14.9. The van der Waals surface area contributed by atoms with Gasteiger partial charge in [0.25, 0.3) is 11.2 Å². The zero-order chi connectivity index (χ0) is 15.4. The molecule has 110 valence electrons. The fourth-order valence-corrected chi connectivity index (χ4v) is 2.53. The lowest BCUT2D eigenvalue weighted by atomic mass is 10.2. The lowest BCUT2D eigenvalue weighted by Gasteiger charge is -2.05. The summed E-state index contributed by atoms with van der Waals surface area (Å²) < 4.78 is 0. The molecule has 1 aromatic heterocycles. The highest BCUT2D eigenvalue weighted by Crippen LogP contribution is 2.28. The Balaban J connectivity index is 2.18. The predicted octanol–water partition coefficient (Wildman–Crippen LogP) is 1.59. The van der Waals surface area contributed by atoms with Crippen LogP contribution in [0, 0.1) is 10.1 Å². The highest BCUT2D eigenvalue weighted by molar-refractivity contribution is 7.98. The van der Waals surface area contributed by atoms with Crippen LogP contribution in [0.25, 0.3) is 0 Å². The number of nitro groups is 1. The van der Waals surface area contributed by atoms with Crippen molar-refractivity contribution in [1.29, 1.82) is 0 Å². The van der Waals surface area contributed by atoms with Crippen LogP contribution in [0.2, 0.25) is 0 Å². The number of nitrogen functional groups attached to an aromatic ring is 1. The van der Waals surface area contributed by atoms with E-state index in [1.165, 1.54) is 23.9 Å². The molecule has 0 unspecified atom stereocenters. The van der Waals surface area contributed by atoms with Gasteiger partial charge in [-0.2, -0.15) is 0 Å². The van der Waals surface area contributed by atoms with Gasteiger partial charge in [-0.1, -0.05) is 17.8 Å². The Hall–Kier alpha value is -2.55. The van der Waals surface area contributed by atoms with E-state index in [4.69, 9.17) is 5.73 Å². The molecule has 0 aliphatic heterocycles. The summed E-state index contributed by atoms with van der Waals surface area (Å²) in [6, 6.07) is 6.10. The first-order chi connectivity index (χ1) is 9.99. The van der Waals surface area contributed by atoms with Crippen LogP contribution in [-0.2, 0) is 5.75 Å². The molecule has 1 heterocycles. The van der Waals surface area contributed by atoms with Crippen molar-refractivity contribution in [1.82, 2.24) is 9.97 Å². The summed E-state index contributed by atoms with van der Waals surface area (Å²) >= 11 is 1.25. The van der Waals surface area contributed by atoms with Crippen molar-refractivity contribution >= 4 is 29.0 Å². The minimum absolute atomic E-state index is 0.00429. The zero-order valence-corrected chi connectivity index (χ0v) is 11.9. The molecule has 0 spiro atoms. The molecule has 8 nitrogen and oxygen atoms in total. The highest BCUT2D eigenvalue weighted by Gasteiger charge is 2.13. The standard InChI is InChI=1S/C12H13N5O3S/c1-14-8-3-2-7(4-9(8)17(19)20)6-21-12-15-10(13)5-11(18)16-12/h2-5,14H,6H2,1H3,(H3,13,15,16,18).